The van der Waals surface area contributed by atoms with E-state index in [9.17, 15) is 4.79 Å². The van der Waals surface area contributed by atoms with Crippen LogP contribution in [0.3, 0.4) is 0 Å². The van der Waals surface area contributed by atoms with Gasteiger partial charge in [-0.25, -0.2) is 4.79 Å². The number of aliphatic imine (C=N–C) groups is 1. The number of amidine groups is 1. The molecule has 1 aromatic carbocycles. The highest BCUT2D eigenvalue weighted by atomic mass is 79.9. The highest BCUT2D eigenvalue weighted by Gasteiger charge is 2.37. The first-order valence-corrected chi connectivity index (χ1v) is 9.19. The minimum atomic E-state index is -0.477. The van der Waals surface area contributed by atoms with E-state index in [0.717, 1.165) is 29.7 Å². The molecule has 2 heterocycles. The van der Waals surface area contributed by atoms with E-state index in [1.54, 1.807) is 4.90 Å². The molecule has 0 radical (unpaired) electrons. The second kappa shape index (κ2) is 6.75. The van der Waals surface area contributed by atoms with Crippen molar-refractivity contribution >= 4 is 27.9 Å². The number of hydrogen-bond acceptors (Lipinski definition) is 4. The van der Waals surface area contributed by atoms with Crippen molar-refractivity contribution in [3.05, 3.63) is 34.3 Å². The minimum absolute atomic E-state index is 0.000276. The van der Waals surface area contributed by atoms with Crippen LogP contribution in [0.2, 0.25) is 0 Å². The Kier molecular flexibility index (Phi) is 4.85. The fourth-order valence-corrected chi connectivity index (χ4v) is 3.40. The average molecular weight is 394 g/mol. The van der Waals surface area contributed by atoms with Crippen molar-refractivity contribution in [1.29, 1.82) is 0 Å². The Morgan fingerprint density at radius 2 is 2.04 bits per heavy atom. The lowest BCUT2D eigenvalue weighted by atomic mass is 10.1. The average Bonchev–Trinajstić information content (AvgIpc) is 3.15. The normalized spacial score (nSPS) is 23.8. The molecular formula is C18H24BrN3O2. The topological polar surface area (TPSA) is 53.9 Å². The van der Waals surface area contributed by atoms with Crippen molar-refractivity contribution < 1.29 is 9.53 Å². The standard InChI is InChI=1S/C18H24BrN3O2/c1-18(2,3)24-17(23)22-10-4-5-15(22)16-20-11-14(21-16)12-6-8-13(19)9-7-12/h6-9,14-15H,4-5,10-11H2,1-3H3,(H,20,21)/t14?,15-/m0/s1. The van der Waals surface area contributed by atoms with E-state index in [0.29, 0.717) is 6.54 Å². The van der Waals surface area contributed by atoms with Crippen LogP contribution in [-0.2, 0) is 4.74 Å². The van der Waals surface area contributed by atoms with E-state index >= 15 is 0 Å². The molecule has 1 amide bonds. The van der Waals surface area contributed by atoms with Crippen molar-refractivity contribution in [3.8, 4) is 0 Å². The van der Waals surface area contributed by atoms with Crippen LogP contribution in [0.1, 0.15) is 45.2 Å². The van der Waals surface area contributed by atoms with Crippen LogP contribution in [0.15, 0.2) is 33.7 Å². The fourth-order valence-electron chi connectivity index (χ4n) is 3.13. The van der Waals surface area contributed by atoms with E-state index in [-0.39, 0.29) is 18.2 Å². The SMILES string of the molecule is CC(C)(C)OC(=O)N1CCC[C@H]1C1=NCC(c2ccc(Br)cc2)N1. The van der Waals surface area contributed by atoms with E-state index < -0.39 is 5.60 Å². The highest BCUT2D eigenvalue weighted by Crippen LogP contribution is 2.26. The van der Waals surface area contributed by atoms with Gasteiger partial charge in [0.2, 0.25) is 0 Å². The van der Waals surface area contributed by atoms with Crippen LogP contribution in [0.5, 0.6) is 0 Å². The molecule has 3 rings (SSSR count). The zero-order valence-corrected chi connectivity index (χ0v) is 16.0. The van der Waals surface area contributed by atoms with Gasteiger partial charge in [0.15, 0.2) is 0 Å². The first-order chi connectivity index (χ1) is 11.3. The summed E-state index contributed by atoms with van der Waals surface area (Å²) in [6.07, 6.45) is 1.66. The molecule has 0 bridgehead atoms. The van der Waals surface area contributed by atoms with Gasteiger partial charge in [-0.3, -0.25) is 9.89 Å². The van der Waals surface area contributed by atoms with Crippen molar-refractivity contribution in [2.45, 2.75) is 51.3 Å². The number of hydrogen-bond donors (Lipinski definition) is 1. The molecule has 5 nitrogen and oxygen atoms in total. The number of halogens is 1. The molecule has 1 aromatic rings. The predicted octanol–water partition coefficient (Wildman–Crippen LogP) is 3.89. The van der Waals surface area contributed by atoms with Gasteiger partial charge in [0.05, 0.1) is 18.6 Å². The third-order valence-electron chi connectivity index (χ3n) is 4.24. The van der Waals surface area contributed by atoms with Gasteiger partial charge in [0.25, 0.3) is 0 Å². The number of carbonyl (C=O) groups is 1. The second-order valence-electron chi connectivity index (χ2n) is 7.31. The van der Waals surface area contributed by atoms with Gasteiger partial charge in [-0.15, -0.1) is 0 Å². The van der Waals surface area contributed by atoms with Crippen LogP contribution in [0.4, 0.5) is 4.79 Å². The molecule has 130 valence electrons. The number of nitrogens with one attached hydrogen (secondary N) is 1. The molecule has 1 fully saturated rings. The van der Waals surface area contributed by atoms with Gasteiger partial charge in [-0.1, -0.05) is 28.1 Å². The quantitative estimate of drug-likeness (QED) is 0.828. The van der Waals surface area contributed by atoms with Gasteiger partial charge in [-0.2, -0.15) is 0 Å². The smallest absolute Gasteiger partial charge is 0.410 e. The van der Waals surface area contributed by atoms with Crippen LogP contribution in [0, 0.1) is 0 Å². The van der Waals surface area contributed by atoms with Crippen LogP contribution in [-0.4, -0.2) is 41.6 Å². The summed E-state index contributed by atoms with van der Waals surface area (Å²) in [6.45, 7) is 7.11. The van der Waals surface area contributed by atoms with Crippen LogP contribution >= 0.6 is 15.9 Å². The summed E-state index contributed by atoms with van der Waals surface area (Å²) in [6, 6.07) is 8.45. The number of rotatable bonds is 2. The van der Waals surface area contributed by atoms with E-state index in [1.165, 1.54) is 5.56 Å². The minimum Gasteiger partial charge on any atom is -0.444 e. The monoisotopic (exact) mass is 393 g/mol. The maximum absolute atomic E-state index is 12.4. The Balaban J connectivity index is 1.66. The summed E-state index contributed by atoms with van der Waals surface area (Å²) in [5.74, 6) is 0.909. The van der Waals surface area contributed by atoms with Crippen molar-refractivity contribution in [1.82, 2.24) is 10.2 Å². The van der Waals surface area contributed by atoms with Crippen molar-refractivity contribution in [2.24, 2.45) is 4.99 Å². The predicted molar refractivity (Wildman–Crippen MR) is 98.3 cm³/mol. The first-order valence-electron chi connectivity index (χ1n) is 8.39. The van der Waals surface area contributed by atoms with Gasteiger partial charge in [-0.05, 0) is 51.3 Å². The van der Waals surface area contributed by atoms with E-state index in [4.69, 9.17) is 4.74 Å². The molecule has 2 aliphatic heterocycles. The summed E-state index contributed by atoms with van der Waals surface area (Å²) >= 11 is 3.46. The van der Waals surface area contributed by atoms with Crippen LogP contribution < -0.4 is 5.32 Å². The zero-order chi connectivity index (χ0) is 17.3. The molecule has 1 saturated heterocycles. The number of amides is 1. The van der Waals surface area contributed by atoms with Crippen LogP contribution in [0.25, 0.3) is 0 Å². The number of nitrogens with zero attached hydrogens (tertiary/aromatic N) is 2. The molecular weight excluding hydrogens is 370 g/mol. The van der Waals surface area contributed by atoms with Crippen molar-refractivity contribution in [3.63, 3.8) is 0 Å². The summed E-state index contributed by atoms with van der Waals surface area (Å²) in [7, 11) is 0. The molecule has 6 heteroatoms. The van der Waals surface area contributed by atoms with Gasteiger partial charge in [0.1, 0.15) is 11.4 Å². The highest BCUT2D eigenvalue weighted by molar-refractivity contribution is 9.10. The zero-order valence-electron chi connectivity index (χ0n) is 14.4. The lowest BCUT2D eigenvalue weighted by molar-refractivity contribution is 0.0264. The number of carbonyl (C=O) groups excluding carboxylic acids is 1. The Morgan fingerprint density at radius 3 is 2.71 bits per heavy atom. The molecule has 0 aromatic heterocycles. The molecule has 0 saturated carbocycles. The number of benzene rings is 1. The maximum Gasteiger partial charge on any atom is 0.410 e. The van der Waals surface area contributed by atoms with Gasteiger partial charge in [0, 0.05) is 11.0 Å². The Morgan fingerprint density at radius 1 is 1.33 bits per heavy atom. The first kappa shape index (κ1) is 17.3. The number of ether oxygens (including phenoxy) is 1. The second-order valence-corrected chi connectivity index (χ2v) is 8.22. The molecule has 2 aliphatic rings. The lowest BCUT2D eigenvalue weighted by Gasteiger charge is -2.29. The summed E-state index contributed by atoms with van der Waals surface area (Å²) in [5.41, 5.74) is 0.730. The Labute approximate surface area is 151 Å². The molecule has 0 spiro atoms. The maximum atomic E-state index is 12.4. The Bertz CT molecular complexity index is 637. The van der Waals surface area contributed by atoms with Crippen molar-refractivity contribution in [2.75, 3.05) is 13.1 Å². The molecule has 2 atom stereocenters. The Hall–Kier alpha value is -1.56. The third kappa shape index (κ3) is 3.91. The summed E-state index contributed by atoms with van der Waals surface area (Å²) < 4.78 is 6.60. The third-order valence-corrected chi connectivity index (χ3v) is 4.76. The van der Waals surface area contributed by atoms with E-state index in [2.05, 4.69) is 38.4 Å². The fraction of sp³-hybridized carbons (Fsp3) is 0.556. The molecule has 1 unspecified atom stereocenters. The summed E-state index contributed by atoms with van der Waals surface area (Å²) in [5, 5.41) is 3.50. The number of likely N-dealkylation sites (tertiary alicyclic amines) is 1. The van der Waals surface area contributed by atoms with Gasteiger partial charge >= 0.3 is 6.09 Å². The lowest BCUT2D eigenvalue weighted by Crippen LogP contribution is -2.46. The van der Waals surface area contributed by atoms with Gasteiger partial charge < -0.3 is 10.1 Å². The molecule has 0 aliphatic carbocycles. The molecule has 1 N–H and O–H groups in total. The molecule has 24 heavy (non-hydrogen) atoms. The largest absolute Gasteiger partial charge is 0.444 e. The van der Waals surface area contributed by atoms with E-state index in [1.807, 2.05) is 32.9 Å². The summed E-state index contributed by atoms with van der Waals surface area (Å²) in [4.78, 5) is 18.9.